The average Bonchev–Trinajstić information content (AvgIpc) is 2.26. The first-order chi connectivity index (χ1) is 7.13. The molecule has 0 spiro atoms. The summed E-state index contributed by atoms with van der Waals surface area (Å²) in [5, 5.41) is 0. The van der Waals surface area contributed by atoms with Crippen molar-refractivity contribution in [2.24, 2.45) is 0 Å². The molecule has 0 unspecified atom stereocenters. The zero-order chi connectivity index (χ0) is 11.3. The molecule has 4 nitrogen and oxygen atoms in total. The largest absolute Gasteiger partial charge is 0.466 e. The molecule has 1 rings (SSSR count). The maximum Gasteiger partial charge on any atom is 0.333 e. The maximum atomic E-state index is 11.1. The molecule has 0 atom stereocenters. The summed E-state index contributed by atoms with van der Waals surface area (Å²) in [5.74, 6) is 1.20. The topological polar surface area (TPSA) is 46.6 Å². The van der Waals surface area contributed by atoms with E-state index in [0.717, 1.165) is 31.1 Å². The van der Waals surface area contributed by atoms with Crippen molar-refractivity contribution in [3.8, 4) is 0 Å². The van der Waals surface area contributed by atoms with E-state index < -0.39 is 10.8 Å². The Morgan fingerprint density at radius 2 is 2.07 bits per heavy atom. The number of methoxy groups -OCH3 is 1. The van der Waals surface area contributed by atoms with Gasteiger partial charge in [-0.1, -0.05) is 6.08 Å². The van der Waals surface area contributed by atoms with Crippen LogP contribution in [0.3, 0.4) is 0 Å². The molecule has 1 aliphatic rings. The lowest BCUT2D eigenvalue weighted by Crippen LogP contribution is -2.37. The van der Waals surface area contributed by atoms with Crippen LogP contribution in [-0.4, -0.2) is 53.3 Å². The molecule has 1 saturated heterocycles. The van der Waals surface area contributed by atoms with Crippen LogP contribution >= 0.6 is 0 Å². The minimum atomic E-state index is -0.640. The van der Waals surface area contributed by atoms with Gasteiger partial charge in [-0.05, 0) is 6.92 Å². The van der Waals surface area contributed by atoms with Crippen molar-refractivity contribution < 1.29 is 13.7 Å². The van der Waals surface area contributed by atoms with Crippen molar-refractivity contribution in [2.45, 2.75) is 6.92 Å². The van der Waals surface area contributed by atoms with E-state index in [1.807, 2.05) is 6.08 Å². The molecule has 5 heteroatoms. The van der Waals surface area contributed by atoms with Crippen LogP contribution in [0.1, 0.15) is 6.92 Å². The van der Waals surface area contributed by atoms with Gasteiger partial charge in [0.25, 0.3) is 0 Å². The molecule has 0 amide bonds. The minimum absolute atomic E-state index is 0.282. The zero-order valence-corrected chi connectivity index (χ0v) is 10.0. The normalized spacial score (nSPS) is 20.3. The third-order valence-electron chi connectivity index (χ3n) is 2.43. The highest BCUT2D eigenvalue weighted by Gasteiger charge is 2.14. The number of hydrogen-bond donors (Lipinski definition) is 0. The van der Waals surface area contributed by atoms with Crippen LogP contribution in [0.25, 0.3) is 0 Å². The predicted molar refractivity (Wildman–Crippen MR) is 60.1 cm³/mol. The van der Waals surface area contributed by atoms with Crippen molar-refractivity contribution in [3.63, 3.8) is 0 Å². The van der Waals surface area contributed by atoms with Gasteiger partial charge in [0, 0.05) is 47.5 Å². The molecular weight excluding hydrogens is 214 g/mol. The van der Waals surface area contributed by atoms with E-state index in [1.54, 1.807) is 6.92 Å². The maximum absolute atomic E-state index is 11.1. The fourth-order valence-corrected chi connectivity index (χ4v) is 2.50. The first kappa shape index (κ1) is 12.4. The molecule has 1 aliphatic heterocycles. The summed E-state index contributed by atoms with van der Waals surface area (Å²) >= 11 is 0. The zero-order valence-electron chi connectivity index (χ0n) is 9.19. The Kier molecular flexibility index (Phi) is 4.98. The summed E-state index contributed by atoms with van der Waals surface area (Å²) in [6.07, 6.45) is 1.86. The fraction of sp³-hybridized carbons (Fsp3) is 0.700. The van der Waals surface area contributed by atoms with Gasteiger partial charge < -0.3 is 4.74 Å². The molecule has 0 aromatic rings. The first-order valence-electron chi connectivity index (χ1n) is 4.96. The Labute approximate surface area is 92.7 Å². The van der Waals surface area contributed by atoms with Gasteiger partial charge >= 0.3 is 5.97 Å². The van der Waals surface area contributed by atoms with Gasteiger partial charge in [0.15, 0.2) is 0 Å². The van der Waals surface area contributed by atoms with Crippen molar-refractivity contribution in [1.29, 1.82) is 0 Å². The van der Waals surface area contributed by atoms with Crippen LogP contribution < -0.4 is 0 Å². The Balaban J connectivity index is 2.36. The summed E-state index contributed by atoms with van der Waals surface area (Å²) < 4.78 is 15.7. The van der Waals surface area contributed by atoms with Gasteiger partial charge in [0.05, 0.1) is 7.11 Å². The molecule has 0 saturated carbocycles. The predicted octanol–water partition coefficient (Wildman–Crippen LogP) is 0.170. The van der Waals surface area contributed by atoms with E-state index in [9.17, 15) is 9.00 Å². The molecule has 0 radical (unpaired) electrons. The molecule has 0 bridgehead atoms. The number of nitrogens with zero attached hydrogens (tertiary/aromatic N) is 1. The van der Waals surface area contributed by atoms with Crippen molar-refractivity contribution in [1.82, 2.24) is 4.90 Å². The van der Waals surface area contributed by atoms with Gasteiger partial charge in [0.2, 0.25) is 0 Å². The monoisotopic (exact) mass is 231 g/mol. The summed E-state index contributed by atoms with van der Waals surface area (Å²) in [6.45, 7) is 4.17. The van der Waals surface area contributed by atoms with Crippen LogP contribution in [-0.2, 0) is 20.3 Å². The quantitative estimate of drug-likeness (QED) is 0.513. The van der Waals surface area contributed by atoms with Crippen molar-refractivity contribution >= 4 is 16.8 Å². The Bertz CT molecular complexity index is 278. The molecule has 86 valence electrons. The van der Waals surface area contributed by atoms with E-state index in [2.05, 4.69) is 9.64 Å². The second-order valence-electron chi connectivity index (χ2n) is 3.53. The molecule has 0 N–H and O–H groups in total. The smallest absolute Gasteiger partial charge is 0.333 e. The summed E-state index contributed by atoms with van der Waals surface area (Å²) in [6, 6.07) is 0. The molecule has 1 heterocycles. The second-order valence-corrected chi connectivity index (χ2v) is 5.22. The SMILES string of the molecule is COC(=O)C(C)=CCN1CCS(=O)CC1. The van der Waals surface area contributed by atoms with Crippen LogP contribution in [0.2, 0.25) is 0 Å². The standard InChI is InChI=1S/C10H17NO3S/c1-9(10(12)14-2)3-4-11-5-7-15(13)8-6-11/h3H,4-8H2,1-2H3. The highest BCUT2D eigenvalue weighted by molar-refractivity contribution is 7.85. The van der Waals surface area contributed by atoms with Crippen LogP contribution in [0.4, 0.5) is 0 Å². The number of hydrogen-bond acceptors (Lipinski definition) is 4. The van der Waals surface area contributed by atoms with Gasteiger partial charge in [-0.2, -0.15) is 0 Å². The van der Waals surface area contributed by atoms with Crippen LogP contribution in [0.15, 0.2) is 11.6 Å². The Morgan fingerprint density at radius 1 is 1.47 bits per heavy atom. The van der Waals surface area contributed by atoms with Gasteiger partial charge in [-0.25, -0.2) is 4.79 Å². The average molecular weight is 231 g/mol. The van der Waals surface area contributed by atoms with E-state index in [4.69, 9.17) is 0 Å². The molecule has 0 aromatic carbocycles. The molecule has 15 heavy (non-hydrogen) atoms. The number of ether oxygens (including phenoxy) is 1. The van der Waals surface area contributed by atoms with E-state index in [1.165, 1.54) is 7.11 Å². The summed E-state index contributed by atoms with van der Waals surface area (Å²) in [7, 11) is 0.739. The summed E-state index contributed by atoms with van der Waals surface area (Å²) in [4.78, 5) is 13.3. The second kappa shape index (κ2) is 6.02. The fourth-order valence-electron chi connectivity index (χ4n) is 1.37. The number of rotatable bonds is 3. The van der Waals surface area contributed by atoms with E-state index >= 15 is 0 Å². The van der Waals surface area contributed by atoms with E-state index in [-0.39, 0.29) is 5.97 Å². The third-order valence-corrected chi connectivity index (χ3v) is 3.71. The number of carbonyl (C=O) groups is 1. The van der Waals surface area contributed by atoms with E-state index in [0.29, 0.717) is 5.57 Å². The van der Waals surface area contributed by atoms with Crippen LogP contribution in [0, 0.1) is 0 Å². The number of carbonyl (C=O) groups excluding carboxylic acids is 1. The molecular formula is C10H17NO3S. The highest BCUT2D eigenvalue weighted by atomic mass is 32.2. The minimum Gasteiger partial charge on any atom is -0.466 e. The Hall–Kier alpha value is -0.680. The lowest BCUT2D eigenvalue weighted by Gasteiger charge is -2.24. The van der Waals surface area contributed by atoms with Crippen LogP contribution in [0.5, 0.6) is 0 Å². The van der Waals surface area contributed by atoms with Crippen molar-refractivity contribution in [3.05, 3.63) is 11.6 Å². The lowest BCUT2D eigenvalue weighted by atomic mass is 10.3. The Morgan fingerprint density at radius 3 is 2.60 bits per heavy atom. The molecule has 1 fully saturated rings. The van der Waals surface area contributed by atoms with Gasteiger partial charge in [0.1, 0.15) is 0 Å². The third kappa shape index (κ3) is 4.13. The summed E-state index contributed by atoms with van der Waals surface area (Å²) in [5.41, 5.74) is 0.629. The van der Waals surface area contributed by atoms with Gasteiger partial charge in [-0.15, -0.1) is 0 Å². The first-order valence-corrected chi connectivity index (χ1v) is 6.44. The highest BCUT2D eigenvalue weighted by Crippen LogP contribution is 2.02. The van der Waals surface area contributed by atoms with Gasteiger partial charge in [-0.3, -0.25) is 9.11 Å². The lowest BCUT2D eigenvalue weighted by molar-refractivity contribution is -0.136. The van der Waals surface area contributed by atoms with Crippen molar-refractivity contribution in [2.75, 3.05) is 38.2 Å². The molecule has 0 aliphatic carbocycles. The number of esters is 1. The molecule has 0 aromatic heterocycles.